The second kappa shape index (κ2) is 3.92. The van der Waals surface area contributed by atoms with Gasteiger partial charge in [-0.05, 0) is 18.6 Å². The number of nitrogens with two attached hydrogens (primary N) is 1. The minimum absolute atomic E-state index is 0.0464. The highest BCUT2D eigenvalue weighted by Gasteiger charge is 2.26. The zero-order valence-corrected chi connectivity index (χ0v) is 9.06. The quantitative estimate of drug-likeness (QED) is 0.840. The standard InChI is InChI=1S/C13H15NO2/c14-13(10-5-6-15-8-10)12-7-9-3-1-2-4-11(9)16-12/h1-4,7,10,13H,5-6,8,14H2. The van der Waals surface area contributed by atoms with E-state index in [1.54, 1.807) is 0 Å². The molecule has 1 aliphatic heterocycles. The molecule has 3 rings (SSSR count). The molecule has 1 aliphatic rings. The number of hydrogen-bond acceptors (Lipinski definition) is 3. The minimum Gasteiger partial charge on any atom is -0.459 e. The van der Waals surface area contributed by atoms with E-state index in [1.807, 2.05) is 30.3 Å². The van der Waals surface area contributed by atoms with Crippen LogP contribution in [0.15, 0.2) is 34.7 Å². The fourth-order valence-corrected chi connectivity index (χ4v) is 2.23. The van der Waals surface area contributed by atoms with Crippen molar-refractivity contribution in [3.8, 4) is 0 Å². The maximum absolute atomic E-state index is 6.19. The summed E-state index contributed by atoms with van der Waals surface area (Å²) < 4.78 is 11.1. The molecular formula is C13H15NO2. The molecule has 84 valence electrons. The summed E-state index contributed by atoms with van der Waals surface area (Å²) >= 11 is 0. The van der Waals surface area contributed by atoms with Crippen molar-refractivity contribution in [1.82, 2.24) is 0 Å². The topological polar surface area (TPSA) is 48.4 Å². The van der Waals surface area contributed by atoms with Gasteiger partial charge in [0.1, 0.15) is 11.3 Å². The van der Waals surface area contributed by atoms with Gasteiger partial charge >= 0.3 is 0 Å². The van der Waals surface area contributed by atoms with Crippen molar-refractivity contribution in [3.63, 3.8) is 0 Å². The molecule has 0 amide bonds. The Morgan fingerprint density at radius 1 is 1.31 bits per heavy atom. The van der Waals surface area contributed by atoms with Gasteiger partial charge in [0, 0.05) is 17.9 Å². The summed E-state index contributed by atoms with van der Waals surface area (Å²) in [5.41, 5.74) is 7.10. The van der Waals surface area contributed by atoms with E-state index in [0.717, 1.165) is 36.4 Å². The van der Waals surface area contributed by atoms with E-state index in [2.05, 4.69) is 0 Å². The minimum atomic E-state index is -0.0464. The largest absolute Gasteiger partial charge is 0.459 e. The average Bonchev–Trinajstić information content (AvgIpc) is 2.97. The number of ether oxygens (including phenoxy) is 1. The van der Waals surface area contributed by atoms with Crippen LogP contribution in [0.3, 0.4) is 0 Å². The van der Waals surface area contributed by atoms with Gasteiger partial charge in [0.15, 0.2) is 0 Å². The molecule has 0 aliphatic carbocycles. The van der Waals surface area contributed by atoms with Gasteiger partial charge in [-0.1, -0.05) is 18.2 Å². The smallest absolute Gasteiger partial charge is 0.134 e. The Labute approximate surface area is 94.2 Å². The molecule has 1 aromatic carbocycles. The molecule has 1 saturated heterocycles. The van der Waals surface area contributed by atoms with Crippen LogP contribution < -0.4 is 5.73 Å². The van der Waals surface area contributed by atoms with Crippen molar-refractivity contribution in [2.24, 2.45) is 11.7 Å². The van der Waals surface area contributed by atoms with Crippen molar-refractivity contribution in [3.05, 3.63) is 36.1 Å². The molecule has 0 spiro atoms. The zero-order valence-electron chi connectivity index (χ0n) is 9.06. The number of furan rings is 1. The molecule has 2 atom stereocenters. The monoisotopic (exact) mass is 217 g/mol. The number of rotatable bonds is 2. The summed E-state index contributed by atoms with van der Waals surface area (Å²) in [5, 5.41) is 1.12. The maximum Gasteiger partial charge on any atom is 0.134 e. The molecule has 1 aromatic heterocycles. The Morgan fingerprint density at radius 2 is 2.19 bits per heavy atom. The Balaban J connectivity index is 1.92. The van der Waals surface area contributed by atoms with Crippen LogP contribution in [-0.4, -0.2) is 13.2 Å². The van der Waals surface area contributed by atoms with Crippen LogP contribution >= 0.6 is 0 Å². The van der Waals surface area contributed by atoms with Crippen molar-refractivity contribution >= 4 is 11.0 Å². The van der Waals surface area contributed by atoms with Gasteiger partial charge in [-0.3, -0.25) is 0 Å². The molecule has 3 nitrogen and oxygen atoms in total. The number of hydrogen-bond donors (Lipinski definition) is 1. The second-order valence-electron chi connectivity index (χ2n) is 4.34. The number of fused-ring (bicyclic) bond motifs is 1. The van der Waals surface area contributed by atoms with Gasteiger partial charge < -0.3 is 14.9 Å². The Bertz CT molecular complexity index is 452. The second-order valence-corrected chi connectivity index (χ2v) is 4.34. The van der Waals surface area contributed by atoms with Crippen molar-refractivity contribution in [2.45, 2.75) is 12.5 Å². The maximum atomic E-state index is 6.19. The molecule has 0 bridgehead atoms. The van der Waals surface area contributed by atoms with Gasteiger partial charge in [0.05, 0.1) is 12.6 Å². The van der Waals surface area contributed by atoms with Gasteiger partial charge in [0.2, 0.25) is 0 Å². The molecule has 2 unspecified atom stereocenters. The summed E-state index contributed by atoms with van der Waals surface area (Å²) in [4.78, 5) is 0. The van der Waals surface area contributed by atoms with Gasteiger partial charge in [-0.25, -0.2) is 0 Å². The fraction of sp³-hybridized carbons (Fsp3) is 0.385. The molecular weight excluding hydrogens is 202 g/mol. The Kier molecular flexibility index (Phi) is 2.42. The lowest BCUT2D eigenvalue weighted by Gasteiger charge is -2.14. The van der Waals surface area contributed by atoms with Crippen molar-refractivity contribution in [1.29, 1.82) is 0 Å². The Hall–Kier alpha value is -1.32. The molecule has 16 heavy (non-hydrogen) atoms. The van der Waals surface area contributed by atoms with E-state index in [1.165, 1.54) is 0 Å². The predicted octanol–water partition coefficient (Wildman–Crippen LogP) is 2.47. The number of para-hydroxylation sites is 1. The normalized spacial score (nSPS) is 22.7. The van der Waals surface area contributed by atoms with E-state index in [0.29, 0.717) is 5.92 Å². The first-order chi connectivity index (χ1) is 7.84. The molecule has 1 fully saturated rings. The van der Waals surface area contributed by atoms with Gasteiger partial charge in [0.25, 0.3) is 0 Å². The molecule has 0 radical (unpaired) electrons. The zero-order chi connectivity index (χ0) is 11.0. The number of benzene rings is 1. The van der Waals surface area contributed by atoms with E-state index in [4.69, 9.17) is 14.9 Å². The van der Waals surface area contributed by atoms with Crippen LogP contribution in [0.2, 0.25) is 0 Å². The third kappa shape index (κ3) is 1.62. The molecule has 2 aromatic rings. The molecule has 0 saturated carbocycles. The molecule has 3 heteroatoms. The highest BCUT2D eigenvalue weighted by molar-refractivity contribution is 5.77. The summed E-state index contributed by atoms with van der Waals surface area (Å²) in [7, 11) is 0. The summed E-state index contributed by atoms with van der Waals surface area (Å²) in [5.74, 6) is 1.26. The Morgan fingerprint density at radius 3 is 2.94 bits per heavy atom. The summed E-state index contributed by atoms with van der Waals surface area (Å²) in [6.45, 7) is 1.57. The lowest BCUT2D eigenvalue weighted by atomic mass is 9.98. The van der Waals surface area contributed by atoms with Crippen LogP contribution in [0.4, 0.5) is 0 Å². The fourth-order valence-electron chi connectivity index (χ4n) is 2.23. The predicted molar refractivity (Wildman–Crippen MR) is 62.1 cm³/mol. The third-order valence-electron chi connectivity index (χ3n) is 3.25. The molecule has 2 N–H and O–H groups in total. The van der Waals surface area contributed by atoms with E-state index in [9.17, 15) is 0 Å². The van der Waals surface area contributed by atoms with Gasteiger partial charge in [-0.2, -0.15) is 0 Å². The first kappa shape index (κ1) is 9.87. The highest BCUT2D eigenvalue weighted by atomic mass is 16.5. The first-order valence-corrected chi connectivity index (χ1v) is 5.66. The van der Waals surface area contributed by atoms with Crippen LogP contribution in [0.5, 0.6) is 0 Å². The van der Waals surface area contributed by atoms with Crippen molar-refractivity contribution in [2.75, 3.05) is 13.2 Å². The highest BCUT2D eigenvalue weighted by Crippen LogP contribution is 2.30. The van der Waals surface area contributed by atoms with Crippen molar-refractivity contribution < 1.29 is 9.15 Å². The summed E-state index contributed by atoms with van der Waals surface area (Å²) in [6.07, 6.45) is 1.03. The van der Waals surface area contributed by atoms with Crippen LogP contribution in [0, 0.1) is 5.92 Å². The van der Waals surface area contributed by atoms with Crippen LogP contribution in [0.1, 0.15) is 18.2 Å². The van der Waals surface area contributed by atoms with E-state index in [-0.39, 0.29) is 6.04 Å². The lowest BCUT2D eigenvalue weighted by molar-refractivity contribution is 0.178. The van der Waals surface area contributed by atoms with Gasteiger partial charge in [-0.15, -0.1) is 0 Å². The van der Waals surface area contributed by atoms with Crippen LogP contribution in [0.25, 0.3) is 11.0 Å². The van der Waals surface area contributed by atoms with E-state index < -0.39 is 0 Å². The lowest BCUT2D eigenvalue weighted by Crippen LogP contribution is -2.20. The molecule has 2 heterocycles. The third-order valence-corrected chi connectivity index (χ3v) is 3.25. The first-order valence-electron chi connectivity index (χ1n) is 5.66. The van der Waals surface area contributed by atoms with E-state index >= 15 is 0 Å². The van der Waals surface area contributed by atoms with Crippen LogP contribution in [-0.2, 0) is 4.74 Å². The summed E-state index contributed by atoms with van der Waals surface area (Å²) in [6, 6.07) is 9.98. The SMILES string of the molecule is NC(c1cc2ccccc2o1)C1CCOC1. The average molecular weight is 217 g/mol.